The van der Waals surface area contributed by atoms with Crippen LogP contribution in [0, 0.1) is 11.7 Å². The Morgan fingerprint density at radius 2 is 1.61 bits per heavy atom. The molecule has 41 heavy (non-hydrogen) atoms. The summed E-state index contributed by atoms with van der Waals surface area (Å²) in [6.07, 6.45) is 1.33. The fourth-order valence-corrected chi connectivity index (χ4v) is 4.53. The number of fused-ring (bicyclic) bond motifs is 1. The lowest BCUT2D eigenvalue weighted by atomic mass is 10.1. The molecule has 0 radical (unpaired) electrons. The molecule has 4 rings (SSSR count). The van der Waals surface area contributed by atoms with Gasteiger partial charge in [-0.1, -0.05) is 48.9 Å². The van der Waals surface area contributed by atoms with Crippen molar-refractivity contribution in [2.45, 2.75) is 58.4 Å². The van der Waals surface area contributed by atoms with Crippen LogP contribution in [0.2, 0.25) is 5.02 Å². The van der Waals surface area contributed by atoms with Crippen LogP contribution in [-0.4, -0.2) is 50.0 Å². The van der Waals surface area contributed by atoms with Crippen LogP contribution in [0.15, 0.2) is 73.1 Å². The van der Waals surface area contributed by atoms with Crippen LogP contribution >= 0.6 is 11.6 Å². The zero-order valence-electron chi connectivity index (χ0n) is 24.2. The second-order valence-corrected chi connectivity index (χ2v) is 11.8. The molecule has 1 heterocycles. The van der Waals surface area contributed by atoms with Crippen molar-refractivity contribution in [2.75, 3.05) is 19.6 Å². The molecule has 3 atom stereocenters. The first-order valence-electron chi connectivity index (χ1n) is 13.9. The molecule has 0 fully saturated rings. The third-order valence-corrected chi connectivity index (χ3v) is 7.00. The number of aryl methyl sites for hydroxylation is 1. The van der Waals surface area contributed by atoms with Crippen LogP contribution in [0.1, 0.15) is 57.5 Å². The summed E-state index contributed by atoms with van der Waals surface area (Å²) in [6.45, 7) is 10.7. The fraction of sp³-hybridized carbons (Fsp3) is 0.406. The highest BCUT2D eigenvalue weighted by molar-refractivity contribution is 6.31. The summed E-state index contributed by atoms with van der Waals surface area (Å²) in [4.78, 5) is 4.39. The van der Waals surface area contributed by atoms with E-state index in [0.717, 1.165) is 42.2 Å². The molecule has 0 saturated heterocycles. The number of aliphatic hydroxyl groups is 2. The third kappa shape index (κ3) is 10.4. The van der Waals surface area contributed by atoms with Gasteiger partial charge in [0.25, 0.3) is 0 Å². The molecule has 0 aliphatic carbocycles. The number of aromatic hydroxyl groups is 1. The number of phenolic OH excluding ortho intramolecular Hbond substituents is 1. The summed E-state index contributed by atoms with van der Waals surface area (Å²) in [5, 5.41) is 36.3. The largest absolute Gasteiger partial charge is 0.508 e. The average molecular weight is 585 g/mol. The van der Waals surface area contributed by atoms with Gasteiger partial charge in [0.05, 0.1) is 29.6 Å². The molecule has 0 spiro atoms. The predicted octanol–water partition coefficient (Wildman–Crippen LogP) is 5.99. The van der Waals surface area contributed by atoms with Crippen LogP contribution in [0.4, 0.5) is 4.39 Å². The molecule has 9 heteroatoms. The van der Waals surface area contributed by atoms with Crippen LogP contribution in [0.5, 0.6) is 5.75 Å². The van der Waals surface area contributed by atoms with E-state index in [-0.39, 0.29) is 23.4 Å². The van der Waals surface area contributed by atoms with Gasteiger partial charge in [0.1, 0.15) is 11.6 Å². The number of nitrogens with zero attached hydrogens (tertiary/aromatic N) is 2. The molecular weight excluding hydrogens is 543 g/mol. The molecule has 3 aromatic carbocycles. The number of phenols is 1. The Hall–Kier alpha value is -3.01. The van der Waals surface area contributed by atoms with Crippen molar-refractivity contribution in [1.29, 1.82) is 0 Å². The topological polar surface area (TPSA) is 103 Å². The van der Waals surface area contributed by atoms with Crippen molar-refractivity contribution in [3.05, 3.63) is 95.0 Å². The van der Waals surface area contributed by atoms with Gasteiger partial charge in [-0.15, -0.1) is 0 Å². The minimum Gasteiger partial charge on any atom is -0.508 e. The summed E-state index contributed by atoms with van der Waals surface area (Å²) in [5.41, 5.74) is 3.09. The quantitative estimate of drug-likeness (QED) is 0.148. The number of benzene rings is 3. The Morgan fingerprint density at radius 1 is 0.927 bits per heavy atom. The molecule has 0 saturated carbocycles. The highest BCUT2D eigenvalue weighted by Crippen LogP contribution is 2.23. The number of nitrogens with one attached hydrogen (secondary N) is 2. The molecule has 7 nitrogen and oxygen atoms in total. The smallest absolute Gasteiger partial charge is 0.132 e. The summed E-state index contributed by atoms with van der Waals surface area (Å²) >= 11 is 5.98. The molecule has 0 amide bonds. The zero-order chi connectivity index (χ0) is 30.0. The molecule has 0 aliphatic heterocycles. The maximum absolute atomic E-state index is 13.7. The van der Waals surface area contributed by atoms with Crippen LogP contribution in [0.25, 0.3) is 11.0 Å². The van der Waals surface area contributed by atoms with Crippen molar-refractivity contribution in [2.24, 2.45) is 5.92 Å². The number of imidazole rings is 1. The molecule has 4 aromatic rings. The summed E-state index contributed by atoms with van der Waals surface area (Å²) in [6, 6.07) is 19.2. The van der Waals surface area contributed by atoms with E-state index in [2.05, 4.69) is 53.9 Å². The Morgan fingerprint density at radius 3 is 2.32 bits per heavy atom. The maximum atomic E-state index is 13.7. The number of para-hydroxylation sites is 2. The van der Waals surface area contributed by atoms with Gasteiger partial charge in [0.15, 0.2) is 0 Å². The van der Waals surface area contributed by atoms with Crippen molar-refractivity contribution >= 4 is 22.6 Å². The summed E-state index contributed by atoms with van der Waals surface area (Å²) in [7, 11) is 0. The standard InChI is InChI=1S/C20H24FN3O2.C12H18ClNO/c1-14(8-9-24-13-23-18-4-2-3-5-19(18)24)11-22-12-20(26)16-7-6-15(25)10-17(16)21;1-12(2,3)14-8-11(15)9-6-4-5-7-10(9)13/h2-7,10,13-14,20,22,25-26H,8-9,11-12H2,1H3;4-7,11,14-15H,8H2,1-3H3. The van der Waals surface area contributed by atoms with Gasteiger partial charge in [-0.3, -0.25) is 0 Å². The van der Waals surface area contributed by atoms with Crippen LogP contribution < -0.4 is 10.6 Å². The zero-order valence-corrected chi connectivity index (χ0v) is 24.9. The number of halogens is 2. The minimum atomic E-state index is -0.944. The number of β-amino-alcohol motifs (C(OH)–C–C–N with tert-alkyl or cyclic N) is 1. The van der Waals surface area contributed by atoms with Gasteiger partial charge >= 0.3 is 0 Å². The fourth-order valence-electron chi connectivity index (χ4n) is 4.27. The normalized spacial score (nSPS) is 13.9. The van der Waals surface area contributed by atoms with Gasteiger partial charge in [-0.05, 0) is 70.0 Å². The first-order chi connectivity index (χ1) is 19.4. The SMILES string of the molecule is CC(C)(C)NCC(O)c1ccccc1Cl.CC(CCn1cnc2ccccc21)CNCC(O)c1ccc(O)cc1F. The van der Waals surface area contributed by atoms with E-state index in [1.54, 1.807) is 6.07 Å². The highest BCUT2D eigenvalue weighted by Gasteiger charge is 2.16. The van der Waals surface area contributed by atoms with Crippen molar-refractivity contribution in [1.82, 2.24) is 20.2 Å². The first kappa shape index (κ1) is 32.5. The average Bonchev–Trinajstić information content (AvgIpc) is 3.34. The first-order valence-corrected chi connectivity index (χ1v) is 14.3. The maximum Gasteiger partial charge on any atom is 0.132 e. The van der Waals surface area contributed by atoms with Crippen LogP contribution in [0.3, 0.4) is 0 Å². The Labute approximate surface area is 247 Å². The predicted molar refractivity (Wildman–Crippen MR) is 164 cm³/mol. The van der Waals surface area contributed by atoms with Gasteiger partial charge in [0, 0.05) is 47.4 Å². The van der Waals surface area contributed by atoms with E-state index in [4.69, 9.17) is 11.6 Å². The van der Waals surface area contributed by atoms with Gasteiger partial charge in [-0.2, -0.15) is 0 Å². The minimum absolute atomic E-state index is 0.00222. The van der Waals surface area contributed by atoms with E-state index in [0.29, 0.717) is 17.5 Å². The lowest BCUT2D eigenvalue weighted by Crippen LogP contribution is -2.38. The highest BCUT2D eigenvalue weighted by atomic mass is 35.5. The van der Waals surface area contributed by atoms with Gasteiger partial charge in [-0.25, -0.2) is 9.37 Å². The van der Waals surface area contributed by atoms with Crippen LogP contribution in [-0.2, 0) is 6.54 Å². The number of aliphatic hydroxyl groups excluding tert-OH is 2. The number of rotatable bonds is 11. The van der Waals surface area contributed by atoms with Crippen molar-refractivity contribution in [3.8, 4) is 5.75 Å². The monoisotopic (exact) mass is 584 g/mol. The Kier molecular flexibility index (Phi) is 12.1. The Balaban J connectivity index is 0.000000263. The van der Waals surface area contributed by atoms with E-state index in [1.165, 1.54) is 12.1 Å². The van der Waals surface area contributed by atoms with Gasteiger partial charge in [0.2, 0.25) is 0 Å². The second kappa shape index (κ2) is 15.3. The van der Waals surface area contributed by atoms with E-state index >= 15 is 0 Å². The van der Waals surface area contributed by atoms with E-state index < -0.39 is 18.0 Å². The number of hydrogen-bond donors (Lipinski definition) is 5. The molecule has 222 valence electrons. The van der Waals surface area contributed by atoms with E-state index in [1.807, 2.05) is 42.7 Å². The molecule has 1 aromatic heterocycles. The molecular formula is C32H42ClFN4O3. The Bertz CT molecular complexity index is 1370. The van der Waals surface area contributed by atoms with E-state index in [9.17, 15) is 19.7 Å². The second-order valence-electron chi connectivity index (χ2n) is 11.4. The molecule has 3 unspecified atom stereocenters. The lowest BCUT2D eigenvalue weighted by molar-refractivity contribution is 0.163. The summed E-state index contributed by atoms with van der Waals surface area (Å²) in [5.74, 6) is -0.348. The number of aromatic nitrogens is 2. The molecule has 0 bridgehead atoms. The molecule has 0 aliphatic rings. The number of hydrogen-bond acceptors (Lipinski definition) is 6. The summed E-state index contributed by atoms with van der Waals surface area (Å²) < 4.78 is 15.9. The van der Waals surface area contributed by atoms with Crippen molar-refractivity contribution in [3.63, 3.8) is 0 Å². The third-order valence-electron chi connectivity index (χ3n) is 6.65. The molecule has 5 N–H and O–H groups in total. The lowest BCUT2D eigenvalue weighted by Gasteiger charge is -2.23. The van der Waals surface area contributed by atoms with Crippen molar-refractivity contribution < 1.29 is 19.7 Å². The van der Waals surface area contributed by atoms with Gasteiger partial charge < -0.3 is 30.5 Å².